The first-order valence-corrected chi connectivity index (χ1v) is 4.97. The van der Waals surface area contributed by atoms with Crippen LogP contribution in [0.3, 0.4) is 0 Å². The standard InChI is InChI=1S/C10H9ClFN3/c1-7-5-14-15(6-7)10-9(12)8(4-11)2-3-13-10/h2-3,5-6H,4H2,1H3. The van der Waals surface area contributed by atoms with E-state index in [1.165, 1.54) is 10.9 Å². The highest BCUT2D eigenvalue weighted by atomic mass is 35.5. The smallest absolute Gasteiger partial charge is 0.189 e. The highest BCUT2D eigenvalue weighted by molar-refractivity contribution is 6.17. The van der Waals surface area contributed by atoms with Crippen molar-refractivity contribution in [2.75, 3.05) is 0 Å². The summed E-state index contributed by atoms with van der Waals surface area (Å²) in [6.07, 6.45) is 4.88. The Balaban J connectivity index is 2.53. The minimum absolute atomic E-state index is 0.127. The van der Waals surface area contributed by atoms with Crippen LogP contribution in [0.15, 0.2) is 24.7 Å². The van der Waals surface area contributed by atoms with E-state index in [2.05, 4.69) is 10.1 Å². The molecule has 0 aliphatic carbocycles. The van der Waals surface area contributed by atoms with Gasteiger partial charge in [0.15, 0.2) is 11.6 Å². The van der Waals surface area contributed by atoms with Gasteiger partial charge in [0.2, 0.25) is 0 Å². The number of hydrogen-bond donors (Lipinski definition) is 0. The van der Waals surface area contributed by atoms with Crippen LogP contribution in [0.2, 0.25) is 0 Å². The van der Waals surface area contributed by atoms with Crippen LogP contribution < -0.4 is 0 Å². The van der Waals surface area contributed by atoms with E-state index < -0.39 is 5.82 Å². The van der Waals surface area contributed by atoms with Crippen molar-refractivity contribution < 1.29 is 4.39 Å². The third kappa shape index (κ3) is 1.85. The third-order valence-corrected chi connectivity index (χ3v) is 2.31. The molecule has 0 aliphatic rings. The molecule has 3 nitrogen and oxygen atoms in total. The maximum Gasteiger partial charge on any atom is 0.189 e. The molecule has 0 amide bonds. The van der Waals surface area contributed by atoms with Gasteiger partial charge in [-0.25, -0.2) is 14.1 Å². The lowest BCUT2D eigenvalue weighted by molar-refractivity contribution is 0.590. The average molecular weight is 226 g/mol. The zero-order valence-corrected chi connectivity index (χ0v) is 8.87. The predicted molar refractivity (Wildman–Crippen MR) is 55.6 cm³/mol. The van der Waals surface area contributed by atoms with Gasteiger partial charge in [-0.2, -0.15) is 5.10 Å². The molecule has 78 valence electrons. The molecule has 0 saturated heterocycles. The first-order valence-electron chi connectivity index (χ1n) is 4.43. The molecule has 0 saturated carbocycles. The van der Waals surface area contributed by atoms with Gasteiger partial charge in [-0.05, 0) is 18.6 Å². The Bertz CT molecular complexity index is 481. The molecule has 0 aromatic carbocycles. The molecule has 0 unspecified atom stereocenters. The summed E-state index contributed by atoms with van der Waals surface area (Å²) in [4.78, 5) is 3.94. The summed E-state index contributed by atoms with van der Waals surface area (Å²) in [5.74, 6) is -0.112. The van der Waals surface area contributed by atoms with Gasteiger partial charge in [-0.1, -0.05) is 0 Å². The van der Waals surface area contributed by atoms with E-state index in [-0.39, 0.29) is 11.7 Å². The van der Waals surface area contributed by atoms with Crippen molar-refractivity contribution in [1.29, 1.82) is 0 Å². The number of rotatable bonds is 2. The predicted octanol–water partition coefficient (Wildman–Crippen LogP) is 2.45. The quantitative estimate of drug-likeness (QED) is 0.735. The van der Waals surface area contributed by atoms with E-state index in [9.17, 15) is 4.39 Å². The van der Waals surface area contributed by atoms with Crippen LogP contribution in [-0.4, -0.2) is 14.8 Å². The zero-order chi connectivity index (χ0) is 10.8. The van der Waals surface area contributed by atoms with Gasteiger partial charge in [-0.15, -0.1) is 11.6 Å². The largest absolute Gasteiger partial charge is 0.235 e. The Labute approximate surface area is 91.5 Å². The van der Waals surface area contributed by atoms with Crippen molar-refractivity contribution in [3.05, 3.63) is 41.6 Å². The molecule has 15 heavy (non-hydrogen) atoms. The fourth-order valence-electron chi connectivity index (χ4n) is 1.26. The summed E-state index contributed by atoms with van der Waals surface area (Å²) in [7, 11) is 0. The summed E-state index contributed by atoms with van der Waals surface area (Å²) in [6, 6.07) is 1.56. The van der Waals surface area contributed by atoms with E-state index in [1.807, 2.05) is 6.92 Å². The molecule has 5 heteroatoms. The highest BCUT2D eigenvalue weighted by Gasteiger charge is 2.10. The Morgan fingerprint density at radius 1 is 1.53 bits per heavy atom. The molecule has 0 atom stereocenters. The second-order valence-corrected chi connectivity index (χ2v) is 3.47. The molecule has 0 radical (unpaired) electrons. The van der Waals surface area contributed by atoms with E-state index in [0.717, 1.165) is 5.56 Å². The van der Waals surface area contributed by atoms with Gasteiger partial charge in [0, 0.05) is 18.0 Å². The van der Waals surface area contributed by atoms with E-state index in [0.29, 0.717) is 5.56 Å². The average Bonchev–Trinajstić information content (AvgIpc) is 2.65. The lowest BCUT2D eigenvalue weighted by Crippen LogP contribution is -2.03. The first-order chi connectivity index (χ1) is 7.22. The number of halogens is 2. The van der Waals surface area contributed by atoms with Crippen molar-refractivity contribution >= 4 is 11.6 Å². The van der Waals surface area contributed by atoms with Crippen LogP contribution in [0.25, 0.3) is 5.82 Å². The summed E-state index contributed by atoms with van der Waals surface area (Å²) in [6.45, 7) is 1.88. The lowest BCUT2D eigenvalue weighted by Gasteiger charge is -2.04. The number of pyridine rings is 1. The van der Waals surface area contributed by atoms with Crippen molar-refractivity contribution in [2.45, 2.75) is 12.8 Å². The van der Waals surface area contributed by atoms with Crippen LogP contribution in [0, 0.1) is 12.7 Å². The van der Waals surface area contributed by atoms with Gasteiger partial charge in [0.25, 0.3) is 0 Å². The second-order valence-electron chi connectivity index (χ2n) is 3.20. The Morgan fingerprint density at radius 3 is 2.93 bits per heavy atom. The molecular weight excluding hydrogens is 217 g/mol. The van der Waals surface area contributed by atoms with Crippen molar-refractivity contribution in [2.24, 2.45) is 0 Å². The minimum atomic E-state index is -0.421. The molecule has 0 spiro atoms. The fourth-order valence-corrected chi connectivity index (χ4v) is 1.47. The van der Waals surface area contributed by atoms with Gasteiger partial charge in [-0.3, -0.25) is 0 Å². The number of nitrogens with zero attached hydrogens (tertiary/aromatic N) is 3. The number of alkyl halides is 1. The van der Waals surface area contributed by atoms with Gasteiger partial charge in [0.05, 0.1) is 12.1 Å². The van der Waals surface area contributed by atoms with E-state index in [1.54, 1.807) is 18.5 Å². The van der Waals surface area contributed by atoms with Gasteiger partial charge in [0.1, 0.15) is 0 Å². The lowest BCUT2D eigenvalue weighted by atomic mass is 10.3. The molecular formula is C10H9ClFN3. The maximum atomic E-state index is 13.8. The topological polar surface area (TPSA) is 30.7 Å². The molecule has 0 N–H and O–H groups in total. The number of aryl methyl sites for hydroxylation is 1. The van der Waals surface area contributed by atoms with Crippen LogP contribution in [0.5, 0.6) is 0 Å². The Kier molecular flexibility index (Phi) is 2.68. The summed E-state index contributed by atoms with van der Waals surface area (Å²) in [5, 5.41) is 3.99. The van der Waals surface area contributed by atoms with Crippen molar-refractivity contribution in [1.82, 2.24) is 14.8 Å². The molecule has 0 fully saturated rings. The number of aromatic nitrogens is 3. The Morgan fingerprint density at radius 2 is 2.33 bits per heavy atom. The molecule has 2 rings (SSSR count). The van der Waals surface area contributed by atoms with E-state index in [4.69, 9.17) is 11.6 Å². The molecule has 2 aromatic heterocycles. The fraction of sp³-hybridized carbons (Fsp3) is 0.200. The minimum Gasteiger partial charge on any atom is -0.235 e. The summed E-state index contributed by atoms with van der Waals surface area (Å²) < 4.78 is 15.2. The SMILES string of the molecule is Cc1cnn(-c2nccc(CCl)c2F)c1. The normalized spacial score (nSPS) is 10.6. The molecule has 2 aromatic rings. The number of hydrogen-bond acceptors (Lipinski definition) is 2. The summed E-state index contributed by atoms with van der Waals surface area (Å²) in [5.41, 5.74) is 1.38. The van der Waals surface area contributed by atoms with E-state index >= 15 is 0 Å². The second kappa shape index (κ2) is 3.98. The Hall–Kier alpha value is -1.42. The van der Waals surface area contributed by atoms with Crippen LogP contribution in [0.1, 0.15) is 11.1 Å². The van der Waals surface area contributed by atoms with Crippen molar-refractivity contribution in [3.8, 4) is 5.82 Å². The van der Waals surface area contributed by atoms with Crippen LogP contribution in [-0.2, 0) is 5.88 Å². The van der Waals surface area contributed by atoms with Crippen LogP contribution in [0.4, 0.5) is 4.39 Å². The van der Waals surface area contributed by atoms with Gasteiger partial charge >= 0.3 is 0 Å². The third-order valence-electron chi connectivity index (χ3n) is 2.02. The first kappa shape index (κ1) is 10.1. The van der Waals surface area contributed by atoms with Crippen LogP contribution >= 0.6 is 11.6 Å². The molecule has 2 heterocycles. The molecule has 0 bridgehead atoms. The monoisotopic (exact) mass is 225 g/mol. The molecule has 0 aliphatic heterocycles. The highest BCUT2D eigenvalue weighted by Crippen LogP contribution is 2.15. The van der Waals surface area contributed by atoms with Gasteiger partial charge < -0.3 is 0 Å². The van der Waals surface area contributed by atoms with Crippen molar-refractivity contribution in [3.63, 3.8) is 0 Å². The summed E-state index contributed by atoms with van der Waals surface area (Å²) >= 11 is 5.60. The zero-order valence-electron chi connectivity index (χ0n) is 8.11. The maximum absolute atomic E-state index is 13.8.